The Bertz CT molecular complexity index is 1310. The van der Waals surface area contributed by atoms with Gasteiger partial charge in [0, 0.05) is 23.1 Å². The summed E-state index contributed by atoms with van der Waals surface area (Å²) in [4.78, 5) is 3.32. The molecule has 0 atom stereocenters. The van der Waals surface area contributed by atoms with Crippen molar-refractivity contribution in [2.75, 3.05) is 6.54 Å². The summed E-state index contributed by atoms with van der Waals surface area (Å²) in [6.45, 7) is -0.0861. The van der Waals surface area contributed by atoms with Crippen LogP contribution in [0.2, 0.25) is 0 Å². The van der Waals surface area contributed by atoms with Crippen LogP contribution in [0.1, 0.15) is 5.56 Å². The van der Waals surface area contributed by atoms with Crippen LogP contribution in [0.15, 0.2) is 83.8 Å². The number of hydrogen-bond acceptors (Lipinski definition) is 3. The molecule has 9 heteroatoms. The van der Waals surface area contributed by atoms with Crippen LogP contribution in [0.25, 0.3) is 22.2 Å². The lowest BCUT2D eigenvalue weighted by Crippen LogP contribution is -2.26. The SMILES string of the molecule is O=S(=O)(NCCc1ccccc1OC(F)(F)F)c1cccc(-c2cc3ccccc3[nH]2)c1. The average Bonchev–Trinajstić information content (AvgIpc) is 3.18. The van der Waals surface area contributed by atoms with Crippen molar-refractivity contribution in [3.63, 3.8) is 0 Å². The standard InChI is InChI=1S/C23H19F3N2O3S/c24-23(25,26)31-22-11-4-2-6-16(22)12-13-27-32(29,30)19-9-5-8-17(14-19)21-15-18-7-1-3-10-20(18)28-21/h1-11,14-15,27-28H,12-13H2. The molecule has 0 radical (unpaired) electrons. The van der Waals surface area contributed by atoms with E-state index in [1.54, 1.807) is 24.3 Å². The Morgan fingerprint density at radius 2 is 1.66 bits per heavy atom. The quantitative estimate of drug-likeness (QED) is 0.396. The van der Waals surface area contributed by atoms with Gasteiger partial charge in [0.25, 0.3) is 0 Å². The fourth-order valence-electron chi connectivity index (χ4n) is 3.40. The number of nitrogens with one attached hydrogen (secondary N) is 2. The second-order valence-corrected chi connectivity index (χ2v) is 8.87. The molecule has 0 amide bonds. The van der Waals surface area contributed by atoms with Crippen molar-refractivity contribution in [3.8, 4) is 17.0 Å². The Balaban J connectivity index is 1.48. The molecular formula is C23H19F3N2O3S. The number of aromatic amines is 1. The summed E-state index contributed by atoms with van der Waals surface area (Å²) in [5.74, 6) is -0.347. The van der Waals surface area contributed by atoms with Crippen LogP contribution in [-0.2, 0) is 16.4 Å². The van der Waals surface area contributed by atoms with Gasteiger partial charge >= 0.3 is 6.36 Å². The lowest BCUT2D eigenvalue weighted by molar-refractivity contribution is -0.274. The molecule has 2 N–H and O–H groups in total. The highest BCUT2D eigenvalue weighted by Crippen LogP contribution is 2.27. The van der Waals surface area contributed by atoms with Gasteiger partial charge in [-0.25, -0.2) is 13.1 Å². The van der Waals surface area contributed by atoms with Gasteiger partial charge in [-0.15, -0.1) is 13.2 Å². The van der Waals surface area contributed by atoms with Crippen LogP contribution < -0.4 is 9.46 Å². The molecule has 1 aromatic heterocycles. The van der Waals surface area contributed by atoms with Crippen LogP contribution in [0, 0.1) is 0 Å². The summed E-state index contributed by atoms with van der Waals surface area (Å²) >= 11 is 0. The van der Waals surface area contributed by atoms with Gasteiger partial charge in [0.2, 0.25) is 10.0 Å². The van der Waals surface area contributed by atoms with E-state index >= 15 is 0 Å². The molecule has 0 saturated carbocycles. The highest BCUT2D eigenvalue weighted by atomic mass is 32.2. The molecule has 4 rings (SSSR count). The number of hydrogen-bond donors (Lipinski definition) is 2. The topological polar surface area (TPSA) is 71.2 Å². The van der Waals surface area contributed by atoms with Gasteiger partial charge in [0.05, 0.1) is 4.90 Å². The molecule has 166 valence electrons. The van der Waals surface area contributed by atoms with Crippen LogP contribution in [0.5, 0.6) is 5.75 Å². The third-order valence-corrected chi connectivity index (χ3v) is 6.33. The third kappa shape index (κ3) is 5.12. The maximum Gasteiger partial charge on any atom is 0.573 e. The molecule has 0 spiro atoms. The number of para-hydroxylation sites is 2. The first-order valence-corrected chi connectivity index (χ1v) is 11.2. The molecule has 0 aliphatic rings. The molecule has 0 unspecified atom stereocenters. The molecular weight excluding hydrogens is 441 g/mol. The Kier molecular flexibility index (Phi) is 5.94. The Labute approximate surface area is 182 Å². The Hall–Kier alpha value is -3.30. The van der Waals surface area contributed by atoms with E-state index < -0.39 is 16.4 Å². The second-order valence-electron chi connectivity index (χ2n) is 7.10. The molecule has 1 heterocycles. The number of benzene rings is 3. The zero-order valence-corrected chi connectivity index (χ0v) is 17.5. The number of rotatable bonds is 7. The summed E-state index contributed by atoms with van der Waals surface area (Å²) in [5, 5.41) is 1.01. The number of H-pyrrole nitrogens is 1. The molecule has 0 fully saturated rings. The van der Waals surface area contributed by atoms with Crippen molar-refractivity contribution in [3.05, 3.63) is 84.4 Å². The highest BCUT2D eigenvalue weighted by molar-refractivity contribution is 7.89. The van der Waals surface area contributed by atoms with Crippen molar-refractivity contribution >= 4 is 20.9 Å². The van der Waals surface area contributed by atoms with Gasteiger partial charge in [0.1, 0.15) is 5.75 Å². The largest absolute Gasteiger partial charge is 0.573 e. The first-order valence-electron chi connectivity index (χ1n) is 9.73. The zero-order valence-electron chi connectivity index (χ0n) is 16.7. The molecule has 32 heavy (non-hydrogen) atoms. The van der Waals surface area contributed by atoms with Crippen molar-refractivity contribution in [1.29, 1.82) is 0 Å². The molecule has 0 aliphatic carbocycles. The first kappa shape index (κ1) is 21.9. The minimum absolute atomic E-state index is 0.0349. The smallest absolute Gasteiger partial charge is 0.406 e. The first-order chi connectivity index (χ1) is 15.2. The number of halogens is 3. The van der Waals surface area contributed by atoms with Crippen molar-refractivity contribution in [2.45, 2.75) is 17.7 Å². The number of fused-ring (bicyclic) bond motifs is 1. The van der Waals surface area contributed by atoms with E-state index in [1.165, 1.54) is 24.3 Å². The average molecular weight is 460 g/mol. The number of sulfonamides is 1. The second kappa shape index (κ2) is 8.68. The Morgan fingerprint density at radius 3 is 2.44 bits per heavy atom. The van der Waals surface area contributed by atoms with E-state index in [9.17, 15) is 21.6 Å². The molecule has 0 aliphatic heterocycles. The predicted molar refractivity (Wildman–Crippen MR) is 116 cm³/mol. The van der Waals surface area contributed by atoms with Gasteiger partial charge in [-0.3, -0.25) is 0 Å². The van der Waals surface area contributed by atoms with Gasteiger partial charge in [0.15, 0.2) is 0 Å². The van der Waals surface area contributed by atoms with Gasteiger partial charge < -0.3 is 9.72 Å². The van der Waals surface area contributed by atoms with Crippen LogP contribution in [0.3, 0.4) is 0 Å². The fourth-order valence-corrected chi connectivity index (χ4v) is 4.47. The van der Waals surface area contributed by atoms with Gasteiger partial charge in [-0.05, 0) is 47.9 Å². The third-order valence-electron chi connectivity index (χ3n) is 4.87. The van der Waals surface area contributed by atoms with Crippen LogP contribution in [-0.4, -0.2) is 26.3 Å². The molecule has 0 bridgehead atoms. The summed E-state index contributed by atoms with van der Waals surface area (Å²) in [5.41, 5.74) is 2.67. The summed E-state index contributed by atoms with van der Waals surface area (Å²) < 4.78 is 69.7. The van der Waals surface area contributed by atoms with Crippen molar-refractivity contribution < 1.29 is 26.3 Å². The molecule has 3 aromatic carbocycles. The normalized spacial score (nSPS) is 12.2. The van der Waals surface area contributed by atoms with E-state index in [1.807, 2.05) is 30.3 Å². The van der Waals surface area contributed by atoms with Crippen molar-refractivity contribution in [1.82, 2.24) is 9.71 Å². The highest BCUT2D eigenvalue weighted by Gasteiger charge is 2.32. The van der Waals surface area contributed by atoms with E-state index in [0.717, 1.165) is 16.6 Å². The summed E-state index contributed by atoms with van der Waals surface area (Å²) in [6.07, 6.45) is -4.79. The van der Waals surface area contributed by atoms with E-state index in [-0.39, 0.29) is 29.2 Å². The fraction of sp³-hybridized carbons (Fsp3) is 0.130. The van der Waals surface area contributed by atoms with Gasteiger partial charge in [-0.1, -0.05) is 48.5 Å². The minimum atomic E-state index is -4.82. The monoisotopic (exact) mass is 460 g/mol. The van der Waals surface area contributed by atoms with E-state index in [0.29, 0.717) is 5.56 Å². The van der Waals surface area contributed by atoms with E-state index in [4.69, 9.17) is 0 Å². The maximum atomic E-state index is 12.8. The minimum Gasteiger partial charge on any atom is -0.406 e. The van der Waals surface area contributed by atoms with Gasteiger partial charge in [-0.2, -0.15) is 0 Å². The van der Waals surface area contributed by atoms with Crippen molar-refractivity contribution in [2.24, 2.45) is 0 Å². The van der Waals surface area contributed by atoms with Crippen LogP contribution >= 0.6 is 0 Å². The maximum absolute atomic E-state index is 12.8. The number of ether oxygens (including phenoxy) is 1. The van der Waals surface area contributed by atoms with E-state index in [2.05, 4.69) is 14.4 Å². The predicted octanol–water partition coefficient (Wildman–Crippen LogP) is 5.25. The number of aromatic nitrogens is 1. The summed E-state index contributed by atoms with van der Waals surface area (Å²) in [7, 11) is -3.87. The molecule has 0 saturated heterocycles. The lowest BCUT2D eigenvalue weighted by Gasteiger charge is -2.13. The molecule has 4 aromatic rings. The number of alkyl halides is 3. The Morgan fingerprint density at radius 1 is 0.906 bits per heavy atom. The summed E-state index contributed by atoms with van der Waals surface area (Å²) in [6, 6.07) is 21.8. The molecule has 5 nitrogen and oxygen atoms in total. The lowest BCUT2D eigenvalue weighted by atomic mass is 10.1. The zero-order chi connectivity index (χ0) is 22.8. The van der Waals surface area contributed by atoms with Crippen LogP contribution in [0.4, 0.5) is 13.2 Å².